The molecule has 2 heterocycles. The molecule has 0 aromatic carbocycles. The van der Waals surface area contributed by atoms with Crippen LogP contribution in [0.15, 0.2) is 27.6 Å². The number of aryl methyl sites for hydroxylation is 1. The number of H-pyrrole nitrogens is 1. The fourth-order valence-electron chi connectivity index (χ4n) is 2.73. The molecule has 1 aromatic heterocycles. The van der Waals surface area contributed by atoms with E-state index in [1.165, 1.54) is 6.92 Å². The van der Waals surface area contributed by atoms with Crippen molar-refractivity contribution in [3.63, 3.8) is 0 Å². The highest BCUT2D eigenvalue weighted by molar-refractivity contribution is 7.66. The second-order valence-corrected chi connectivity index (χ2v) is 11.1. The molecule has 0 radical (unpaired) electrons. The van der Waals surface area contributed by atoms with E-state index in [2.05, 4.69) is 13.1 Å². The van der Waals surface area contributed by atoms with Gasteiger partial charge in [-0.25, -0.2) is 18.5 Å². The van der Waals surface area contributed by atoms with Crippen molar-refractivity contribution in [3.05, 3.63) is 44.4 Å². The van der Waals surface area contributed by atoms with E-state index in [1.807, 2.05) is 4.98 Å². The van der Waals surface area contributed by atoms with Gasteiger partial charge in [-0.1, -0.05) is 0 Å². The molecule has 1 aliphatic heterocycles. The highest BCUT2D eigenvalue weighted by Gasteiger charge is 2.44. The number of allylic oxidation sites excluding steroid dienone is 2. The maximum absolute atomic E-state index is 12.2. The number of nitrogens with one attached hydrogen (secondary N) is 1. The van der Waals surface area contributed by atoms with Crippen LogP contribution in [0.5, 0.6) is 0 Å². The minimum Gasteiger partial charge on any atom is -0.477 e. The van der Waals surface area contributed by atoms with Gasteiger partial charge in [0.25, 0.3) is 5.56 Å². The first-order chi connectivity index (χ1) is 16.1. The number of phosphoric ester groups is 1. The molecule has 2 unspecified atom stereocenters. The van der Waals surface area contributed by atoms with E-state index in [0.717, 1.165) is 16.8 Å². The molecule has 21 heteroatoms. The van der Waals surface area contributed by atoms with Crippen LogP contribution in [-0.4, -0.2) is 47.9 Å². The molecule has 0 aliphatic carbocycles. The van der Waals surface area contributed by atoms with Crippen molar-refractivity contribution in [2.45, 2.75) is 31.8 Å². The Morgan fingerprint density at radius 1 is 1.23 bits per heavy atom. The van der Waals surface area contributed by atoms with E-state index in [9.17, 15) is 33.1 Å². The first-order valence-corrected chi connectivity index (χ1v) is 13.5. The van der Waals surface area contributed by atoms with Crippen LogP contribution in [0.25, 0.3) is 0 Å². The Bertz CT molecular complexity index is 1330. The Kier molecular flexibility index (Phi) is 9.13. The molecule has 1 fully saturated rings. The molecule has 0 amide bonds. The van der Waals surface area contributed by atoms with Crippen LogP contribution >= 0.6 is 23.5 Å². The lowest BCUT2D eigenvalue weighted by molar-refractivity contribution is -0.0490. The van der Waals surface area contributed by atoms with Gasteiger partial charge in [0.1, 0.15) is 24.5 Å². The number of hydrogen-bond acceptors (Lipinski definition) is 12. The van der Waals surface area contributed by atoms with Gasteiger partial charge in [0, 0.05) is 18.2 Å². The number of rotatable bonds is 10. The maximum Gasteiger partial charge on any atom is 0.490 e. The highest BCUT2D eigenvalue weighted by Crippen LogP contribution is 2.66. The van der Waals surface area contributed by atoms with E-state index in [0.29, 0.717) is 0 Å². The maximum atomic E-state index is 12.2. The Labute approximate surface area is 195 Å². The van der Waals surface area contributed by atoms with Crippen LogP contribution in [0.4, 0.5) is 0 Å². The van der Waals surface area contributed by atoms with Crippen LogP contribution in [0.3, 0.4) is 0 Å². The summed E-state index contributed by atoms with van der Waals surface area (Å²) in [5, 5.41) is 17.8. The van der Waals surface area contributed by atoms with Crippen LogP contribution in [0.2, 0.25) is 0 Å². The summed E-state index contributed by atoms with van der Waals surface area (Å²) in [7, 11) is -16.9. The number of nitrogens with zero attached hydrogens (tertiary/aromatic N) is 3. The smallest absolute Gasteiger partial charge is 0.477 e. The SMILES string of the molecule is Cc1cn([C@H]2C[C@H](OC(C#N)=CC#N)[C@@H](COP(=O)(O)OP(=O)(O)OP(=O)(O)O)O2)c(=O)[nH]c1=O. The van der Waals surface area contributed by atoms with Gasteiger partial charge in [0.2, 0.25) is 5.76 Å². The third-order valence-corrected chi connectivity index (χ3v) is 7.84. The average Bonchev–Trinajstić information content (AvgIpc) is 3.08. The monoisotopic (exact) mass is 558 g/mol. The van der Waals surface area contributed by atoms with Crippen molar-refractivity contribution in [2.24, 2.45) is 0 Å². The summed E-state index contributed by atoms with van der Waals surface area (Å²) < 4.78 is 57.7. The first kappa shape index (κ1) is 28.8. The zero-order valence-electron chi connectivity index (χ0n) is 17.4. The summed E-state index contributed by atoms with van der Waals surface area (Å²) in [5.74, 6) is -0.491. The summed E-state index contributed by atoms with van der Waals surface area (Å²) in [5.41, 5.74) is -1.42. The Morgan fingerprint density at radius 3 is 2.46 bits per heavy atom. The van der Waals surface area contributed by atoms with Gasteiger partial charge in [0.05, 0.1) is 18.8 Å². The average molecular weight is 558 g/mol. The summed E-state index contributed by atoms with van der Waals surface area (Å²) in [6, 6.07) is 3.13. The van der Waals surface area contributed by atoms with Crippen molar-refractivity contribution in [2.75, 3.05) is 6.61 Å². The summed E-state index contributed by atoms with van der Waals surface area (Å²) in [6.07, 6.45) is -2.06. The zero-order chi connectivity index (χ0) is 26.6. The van der Waals surface area contributed by atoms with Gasteiger partial charge >= 0.3 is 29.2 Å². The predicted octanol–water partition coefficient (Wildman–Crippen LogP) is -0.208. The molecule has 1 aliphatic rings. The number of aromatic amines is 1. The minimum absolute atomic E-state index is 0.129. The molecule has 0 saturated carbocycles. The molecule has 1 saturated heterocycles. The lowest BCUT2D eigenvalue weighted by Gasteiger charge is -2.21. The number of ether oxygens (including phenoxy) is 2. The van der Waals surface area contributed by atoms with Crippen LogP contribution in [-0.2, 0) is 36.3 Å². The molecule has 0 bridgehead atoms. The molecular formula is C14H17N4O14P3. The van der Waals surface area contributed by atoms with Crippen LogP contribution in [0.1, 0.15) is 18.2 Å². The molecule has 1 aromatic rings. The van der Waals surface area contributed by atoms with Gasteiger partial charge in [-0.15, -0.1) is 0 Å². The van der Waals surface area contributed by atoms with E-state index >= 15 is 0 Å². The topological polar surface area (TPSA) is 281 Å². The lowest BCUT2D eigenvalue weighted by atomic mass is 10.2. The number of hydrogen-bond donors (Lipinski definition) is 5. The molecular weight excluding hydrogens is 541 g/mol. The third-order valence-electron chi connectivity index (χ3n) is 4.04. The standard InChI is InChI=1S/C14H17N4O14P3/c1-8-6-18(14(20)17-13(8)19)12-4-10(29-9(5-16)2-3-15)11(30-12)7-28-34(24,25)32-35(26,27)31-33(21,22)23/h2,6,10-12H,4,7H2,1H3,(H,24,25)(H,26,27)(H,17,19,20)(H2,21,22,23)/t10-,11+,12+/m0/s1. The van der Waals surface area contributed by atoms with Gasteiger partial charge in [-0.3, -0.25) is 18.9 Å². The second-order valence-electron chi connectivity index (χ2n) is 6.64. The molecule has 5 N–H and O–H groups in total. The minimum atomic E-state index is -5.77. The lowest BCUT2D eigenvalue weighted by Crippen LogP contribution is -2.33. The van der Waals surface area contributed by atoms with Gasteiger partial charge in [-0.2, -0.15) is 19.1 Å². The van der Waals surface area contributed by atoms with Crippen molar-refractivity contribution in [3.8, 4) is 12.1 Å². The number of aromatic nitrogens is 2. The molecule has 192 valence electrons. The van der Waals surface area contributed by atoms with Crippen molar-refractivity contribution in [1.29, 1.82) is 10.5 Å². The highest BCUT2D eigenvalue weighted by atomic mass is 31.3. The quantitative estimate of drug-likeness (QED) is 0.141. The van der Waals surface area contributed by atoms with E-state index in [-0.39, 0.29) is 12.0 Å². The van der Waals surface area contributed by atoms with Gasteiger partial charge in [-0.05, 0) is 6.92 Å². The fraction of sp³-hybridized carbons (Fsp3) is 0.429. The Morgan fingerprint density at radius 2 is 1.89 bits per heavy atom. The molecule has 18 nitrogen and oxygen atoms in total. The Balaban J connectivity index is 2.25. The first-order valence-electron chi connectivity index (χ1n) is 8.98. The van der Waals surface area contributed by atoms with E-state index < -0.39 is 65.5 Å². The van der Waals surface area contributed by atoms with E-state index in [1.54, 1.807) is 12.1 Å². The molecule has 2 rings (SSSR count). The van der Waals surface area contributed by atoms with Crippen molar-refractivity contribution >= 4 is 23.5 Å². The second kappa shape index (κ2) is 11.1. The number of nitriles is 2. The summed E-state index contributed by atoms with van der Waals surface area (Å²) >= 11 is 0. The van der Waals surface area contributed by atoms with Gasteiger partial charge in [0.15, 0.2) is 0 Å². The van der Waals surface area contributed by atoms with E-state index in [4.69, 9.17) is 29.8 Å². The predicted molar refractivity (Wildman–Crippen MR) is 109 cm³/mol. The largest absolute Gasteiger partial charge is 0.490 e. The van der Waals surface area contributed by atoms with Gasteiger partial charge < -0.3 is 29.0 Å². The molecule has 5 atom stereocenters. The van der Waals surface area contributed by atoms with Crippen LogP contribution < -0.4 is 11.2 Å². The number of phosphoric acid groups is 3. The Hall–Kier alpha value is -2.43. The fourth-order valence-corrected chi connectivity index (χ4v) is 5.76. The third kappa shape index (κ3) is 8.63. The summed E-state index contributed by atoms with van der Waals surface area (Å²) in [4.78, 5) is 61.8. The molecule has 35 heavy (non-hydrogen) atoms. The molecule has 0 spiro atoms. The van der Waals surface area contributed by atoms with Crippen molar-refractivity contribution < 1.29 is 55.9 Å². The summed E-state index contributed by atoms with van der Waals surface area (Å²) in [6.45, 7) is 0.446. The zero-order valence-corrected chi connectivity index (χ0v) is 20.0. The normalized spacial score (nSPS) is 24.1. The van der Waals surface area contributed by atoms with Crippen LogP contribution in [0, 0.1) is 29.6 Å². The van der Waals surface area contributed by atoms with Crippen molar-refractivity contribution in [1.82, 2.24) is 9.55 Å².